The molecule has 0 bridgehead atoms. The molecule has 1 saturated carbocycles. The van der Waals surface area contributed by atoms with E-state index < -0.39 is 16.1 Å². The molecule has 20 heavy (non-hydrogen) atoms. The molecule has 1 aromatic rings. The Bertz CT molecular complexity index is 579. The van der Waals surface area contributed by atoms with Crippen LogP contribution in [-0.4, -0.2) is 33.6 Å². The van der Waals surface area contributed by atoms with Gasteiger partial charge < -0.3 is 10.1 Å². The first-order valence-electron chi connectivity index (χ1n) is 6.38. The highest BCUT2D eigenvalue weighted by atomic mass is 32.2. The third-order valence-electron chi connectivity index (χ3n) is 3.05. The lowest BCUT2D eigenvalue weighted by Gasteiger charge is -2.11. The van der Waals surface area contributed by atoms with Crippen molar-refractivity contribution in [1.82, 2.24) is 4.72 Å². The van der Waals surface area contributed by atoms with Crippen LogP contribution in [0, 0.1) is 0 Å². The molecule has 0 aliphatic heterocycles. The van der Waals surface area contributed by atoms with E-state index in [2.05, 4.69) is 10.0 Å². The molecule has 1 aliphatic carbocycles. The number of rotatable bonds is 6. The van der Waals surface area contributed by atoms with Gasteiger partial charge in [-0.2, -0.15) is 0 Å². The maximum absolute atomic E-state index is 12.0. The Labute approximate surface area is 118 Å². The second kappa shape index (κ2) is 5.90. The zero-order valence-corrected chi connectivity index (χ0v) is 12.2. The molecule has 0 aromatic heterocycles. The van der Waals surface area contributed by atoms with Gasteiger partial charge in [-0.15, -0.1) is 0 Å². The number of carbonyl (C=O) groups excluding carboxylic acids is 1. The van der Waals surface area contributed by atoms with Crippen LogP contribution in [0.4, 0.5) is 5.69 Å². The van der Waals surface area contributed by atoms with Gasteiger partial charge in [0.15, 0.2) is 0 Å². The van der Waals surface area contributed by atoms with Crippen LogP contribution in [0.25, 0.3) is 0 Å². The number of ether oxygens (including phenoxy) is 1. The van der Waals surface area contributed by atoms with Crippen LogP contribution >= 0.6 is 0 Å². The predicted molar refractivity (Wildman–Crippen MR) is 74.9 cm³/mol. The highest BCUT2D eigenvalue weighted by molar-refractivity contribution is 7.89. The Hall–Kier alpha value is -1.44. The molecule has 1 aromatic carbocycles. The van der Waals surface area contributed by atoms with Crippen LogP contribution in [0.3, 0.4) is 0 Å². The van der Waals surface area contributed by atoms with E-state index in [9.17, 15) is 13.2 Å². The number of benzene rings is 1. The van der Waals surface area contributed by atoms with Crippen molar-refractivity contribution in [3.8, 4) is 0 Å². The van der Waals surface area contributed by atoms with Gasteiger partial charge in [0, 0.05) is 18.8 Å². The van der Waals surface area contributed by atoms with Crippen molar-refractivity contribution in [2.45, 2.75) is 36.8 Å². The Morgan fingerprint density at radius 3 is 2.40 bits per heavy atom. The first-order valence-corrected chi connectivity index (χ1v) is 7.87. The van der Waals surface area contributed by atoms with Gasteiger partial charge in [-0.05, 0) is 44.0 Å². The standard InChI is InChI=1S/C13H18N2O4S/c1-9(19-2)13(16)14-10-5-7-12(8-6-10)20(17,18)15-11-3-4-11/h5-9,11,15H,3-4H2,1-2H3,(H,14,16). The molecule has 2 rings (SSSR count). The lowest BCUT2D eigenvalue weighted by Crippen LogP contribution is -2.27. The highest BCUT2D eigenvalue weighted by Gasteiger charge is 2.27. The molecule has 7 heteroatoms. The summed E-state index contributed by atoms with van der Waals surface area (Å²) in [6.07, 6.45) is 1.22. The summed E-state index contributed by atoms with van der Waals surface area (Å²) >= 11 is 0. The topological polar surface area (TPSA) is 84.5 Å². The van der Waals surface area contributed by atoms with Gasteiger partial charge >= 0.3 is 0 Å². The second-order valence-electron chi connectivity index (χ2n) is 4.79. The Kier molecular flexibility index (Phi) is 4.42. The average Bonchev–Trinajstić information content (AvgIpc) is 3.21. The molecule has 1 fully saturated rings. The summed E-state index contributed by atoms with van der Waals surface area (Å²) < 4.78 is 31.4. The second-order valence-corrected chi connectivity index (χ2v) is 6.50. The Morgan fingerprint density at radius 2 is 1.90 bits per heavy atom. The number of anilines is 1. The molecule has 6 nitrogen and oxygen atoms in total. The van der Waals surface area contributed by atoms with Gasteiger partial charge in [0.25, 0.3) is 5.91 Å². The summed E-state index contributed by atoms with van der Waals surface area (Å²) in [5.41, 5.74) is 0.532. The van der Waals surface area contributed by atoms with Crippen molar-refractivity contribution in [1.29, 1.82) is 0 Å². The van der Waals surface area contributed by atoms with Gasteiger partial charge in [0.1, 0.15) is 6.10 Å². The minimum absolute atomic E-state index is 0.0712. The molecule has 0 radical (unpaired) electrons. The smallest absolute Gasteiger partial charge is 0.253 e. The van der Waals surface area contributed by atoms with Crippen LogP contribution in [0.5, 0.6) is 0 Å². The minimum Gasteiger partial charge on any atom is -0.372 e. The van der Waals surface area contributed by atoms with E-state index in [1.807, 2.05) is 0 Å². The number of hydrogen-bond donors (Lipinski definition) is 2. The van der Waals surface area contributed by atoms with Crippen molar-refractivity contribution in [3.63, 3.8) is 0 Å². The first-order chi connectivity index (χ1) is 9.42. The third-order valence-corrected chi connectivity index (χ3v) is 4.59. The molecule has 0 spiro atoms. The molecule has 0 heterocycles. The summed E-state index contributed by atoms with van der Waals surface area (Å²) in [5, 5.41) is 2.65. The average molecular weight is 298 g/mol. The predicted octanol–water partition coefficient (Wildman–Crippen LogP) is 1.10. The summed E-state index contributed by atoms with van der Waals surface area (Å²) in [6, 6.07) is 6.13. The van der Waals surface area contributed by atoms with Gasteiger partial charge in [0.2, 0.25) is 10.0 Å². The number of hydrogen-bond acceptors (Lipinski definition) is 4. The van der Waals surface area contributed by atoms with Gasteiger partial charge in [-0.3, -0.25) is 4.79 Å². The van der Waals surface area contributed by atoms with Crippen LogP contribution < -0.4 is 10.0 Å². The summed E-state index contributed by atoms with van der Waals surface area (Å²) in [6.45, 7) is 1.63. The molecule has 1 unspecified atom stereocenters. The maximum atomic E-state index is 12.0. The molecule has 2 N–H and O–H groups in total. The van der Waals surface area contributed by atoms with Crippen molar-refractivity contribution in [2.24, 2.45) is 0 Å². The number of sulfonamides is 1. The molecule has 1 atom stereocenters. The monoisotopic (exact) mass is 298 g/mol. The van der Waals surface area contributed by atoms with Crippen LogP contribution in [0.2, 0.25) is 0 Å². The lowest BCUT2D eigenvalue weighted by atomic mass is 10.3. The highest BCUT2D eigenvalue weighted by Crippen LogP contribution is 2.22. The van der Waals surface area contributed by atoms with E-state index in [-0.39, 0.29) is 16.8 Å². The summed E-state index contributed by atoms with van der Waals surface area (Å²) in [4.78, 5) is 11.8. The van der Waals surface area contributed by atoms with Gasteiger partial charge in [-0.1, -0.05) is 0 Å². The zero-order chi connectivity index (χ0) is 14.8. The molecule has 110 valence electrons. The molecular formula is C13H18N2O4S. The number of carbonyl (C=O) groups is 1. The minimum atomic E-state index is -3.45. The van der Waals surface area contributed by atoms with Crippen molar-refractivity contribution in [3.05, 3.63) is 24.3 Å². The molecule has 1 amide bonds. The number of nitrogens with one attached hydrogen (secondary N) is 2. The van der Waals surface area contributed by atoms with Gasteiger partial charge in [0.05, 0.1) is 4.90 Å². The van der Waals surface area contributed by atoms with Crippen molar-refractivity contribution < 1.29 is 17.9 Å². The first kappa shape index (κ1) is 15.0. The lowest BCUT2D eigenvalue weighted by molar-refractivity contribution is -0.124. The quantitative estimate of drug-likeness (QED) is 0.823. The molecular weight excluding hydrogens is 280 g/mol. The fourth-order valence-electron chi connectivity index (χ4n) is 1.56. The fourth-order valence-corrected chi connectivity index (χ4v) is 2.86. The van der Waals surface area contributed by atoms with Gasteiger partial charge in [-0.25, -0.2) is 13.1 Å². The van der Waals surface area contributed by atoms with Crippen molar-refractivity contribution in [2.75, 3.05) is 12.4 Å². The molecule has 1 aliphatic rings. The normalized spacial score (nSPS) is 16.7. The third kappa shape index (κ3) is 3.78. The maximum Gasteiger partial charge on any atom is 0.253 e. The van der Waals surface area contributed by atoms with E-state index in [0.29, 0.717) is 5.69 Å². The fraction of sp³-hybridized carbons (Fsp3) is 0.462. The Balaban J connectivity index is 2.04. The number of methoxy groups -OCH3 is 1. The SMILES string of the molecule is COC(C)C(=O)Nc1ccc(S(=O)(=O)NC2CC2)cc1. The zero-order valence-electron chi connectivity index (χ0n) is 11.4. The summed E-state index contributed by atoms with van der Waals surface area (Å²) in [5.74, 6) is -0.279. The van der Waals surface area contributed by atoms with E-state index in [1.54, 1.807) is 19.1 Å². The van der Waals surface area contributed by atoms with E-state index in [1.165, 1.54) is 19.2 Å². The number of amides is 1. The van der Waals surface area contributed by atoms with E-state index in [0.717, 1.165) is 12.8 Å². The largest absolute Gasteiger partial charge is 0.372 e. The van der Waals surface area contributed by atoms with E-state index >= 15 is 0 Å². The van der Waals surface area contributed by atoms with Crippen LogP contribution in [-0.2, 0) is 19.6 Å². The Morgan fingerprint density at radius 1 is 1.30 bits per heavy atom. The summed E-state index contributed by atoms with van der Waals surface area (Å²) in [7, 11) is -2.00. The van der Waals surface area contributed by atoms with Crippen LogP contribution in [0.15, 0.2) is 29.2 Å². The van der Waals surface area contributed by atoms with Crippen molar-refractivity contribution >= 4 is 21.6 Å². The van der Waals surface area contributed by atoms with E-state index in [4.69, 9.17) is 4.74 Å². The van der Waals surface area contributed by atoms with Crippen LogP contribution in [0.1, 0.15) is 19.8 Å². The molecule has 0 saturated heterocycles.